The fraction of sp³-hybridized carbons (Fsp3) is 0.533. The largest absolute Gasteiger partial charge is 0.325 e. The van der Waals surface area contributed by atoms with E-state index in [1.54, 1.807) is 0 Å². The fourth-order valence-electron chi connectivity index (χ4n) is 2.08. The van der Waals surface area contributed by atoms with Gasteiger partial charge in [-0.2, -0.15) is 0 Å². The van der Waals surface area contributed by atoms with Gasteiger partial charge in [0.1, 0.15) is 0 Å². The number of benzene rings is 1. The quantitative estimate of drug-likeness (QED) is 0.733. The van der Waals surface area contributed by atoms with Crippen LogP contribution in [0.1, 0.15) is 18.4 Å². The number of hydrogen-bond acceptors (Lipinski definition) is 3. The molecule has 0 radical (unpaired) electrons. The number of carbonyl (C=O) groups is 1. The number of nitrogens with one attached hydrogen (secondary N) is 2. The molecule has 0 bridgehead atoms. The van der Waals surface area contributed by atoms with E-state index in [1.807, 2.05) is 31.2 Å². The topological polar surface area (TPSA) is 44.4 Å². The van der Waals surface area contributed by atoms with Crippen molar-refractivity contribution < 1.29 is 4.79 Å². The molecule has 1 aliphatic carbocycles. The molecule has 0 heterocycles. The van der Waals surface area contributed by atoms with Crippen LogP contribution in [0.4, 0.5) is 5.69 Å². The number of nitrogens with zero attached hydrogens (tertiary/aromatic N) is 1. The van der Waals surface area contributed by atoms with Crippen LogP contribution in [-0.2, 0) is 4.79 Å². The van der Waals surface area contributed by atoms with E-state index in [2.05, 4.69) is 22.6 Å². The Bertz CT molecular complexity index is 429. The van der Waals surface area contributed by atoms with Crippen molar-refractivity contribution in [3.63, 3.8) is 0 Å². The first-order valence-electron chi connectivity index (χ1n) is 6.92. The Morgan fingerprint density at radius 2 is 2.21 bits per heavy atom. The van der Waals surface area contributed by atoms with Gasteiger partial charge in [0.2, 0.25) is 5.91 Å². The summed E-state index contributed by atoms with van der Waals surface area (Å²) in [6.45, 7) is 4.24. The molecule has 1 aliphatic rings. The molecule has 19 heavy (non-hydrogen) atoms. The van der Waals surface area contributed by atoms with E-state index in [0.717, 1.165) is 30.4 Å². The van der Waals surface area contributed by atoms with Gasteiger partial charge in [-0.05, 0) is 44.5 Å². The molecule has 2 N–H and O–H groups in total. The summed E-state index contributed by atoms with van der Waals surface area (Å²) in [4.78, 5) is 14.1. The highest BCUT2D eigenvalue weighted by atomic mass is 16.1. The lowest BCUT2D eigenvalue weighted by molar-refractivity contribution is -0.115. The van der Waals surface area contributed by atoms with Crippen molar-refractivity contribution in [1.82, 2.24) is 10.2 Å². The summed E-state index contributed by atoms with van der Waals surface area (Å²) < 4.78 is 0. The van der Waals surface area contributed by atoms with E-state index >= 15 is 0 Å². The fourth-order valence-corrected chi connectivity index (χ4v) is 2.08. The third-order valence-corrected chi connectivity index (χ3v) is 3.40. The standard InChI is InChI=1S/C15H23N3O/c1-12-4-3-5-13(10-12)17-15(19)11-16-8-9-18(2)14-6-7-14/h3-5,10,14,16H,6-9,11H2,1-2H3,(H,17,19). The summed E-state index contributed by atoms with van der Waals surface area (Å²) in [5, 5.41) is 6.07. The SMILES string of the molecule is Cc1cccc(NC(=O)CNCCN(C)C2CC2)c1. The maximum absolute atomic E-state index is 11.7. The Morgan fingerprint density at radius 1 is 1.42 bits per heavy atom. The zero-order valence-electron chi connectivity index (χ0n) is 11.8. The zero-order chi connectivity index (χ0) is 13.7. The van der Waals surface area contributed by atoms with E-state index in [4.69, 9.17) is 0 Å². The molecular weight excluding hydrogens is 238 g/mol. The first-order chi connectivity index (χ1) is 9.15. The van der Waals surface area contributed by atoms with Gasteiger partial charge in [0.05, 0.1) is 6.54 Å². The molecule has 0 atom stereocenters. The Balaban J connectivity index is 1.61. The first kappa shape index (κ1) is 14.0. The number of aryl methyl sites for hydroxylation is 1. The molecule has 4 heteroatoms. The van der Waals surface area contributed by atoms with E-state index in [9.17, 15) is 4.79 Å². The highest BCUT2D eigenvalue weighted by Gasteiger charge is 2.25. The lowest BCUT2D eigenvalue weighted by Crippen LogP contribution is -2.35. The average Bonchev–Trinajstić information content (AvgIpc) is 3.18. The molecule has 4 nitrogen and oxygen atoms in total. The molecule has 1 saturated carbocycles. The van der Waals surface area contributed by atoms with E-state index in [-0.39, 0.29) is 5.91 Å². The second-order valence-electron chi connectivity index (χ2n) is 5.31. The number of likely N-dealkylation sites (N-methyl/N-ethyl adjacent to an activating group) is 1. The summed E-state index contributed by atoms with van der Waals surface area (Å²) in [6.07, 6.45) is 2.65. The predicted octanol–water partition coefficient (Wildman–Crippen LogP) is 1.62. The Labute approximate surface area is 115 Å². The normalized spacial score (nSPS) is 14.7. The molecule has 2 rings (SSSR count). The molecule has 0 unspecified atom stereocenters. The van der Waals surface area contributed by atoms with Gasteiger partial charge in [0.25, 0.3) is 0 Å². The summed E-state index contributed by atoms with van der Waals surface area (Å²) in [5.74, 6) is 0.0136. The number of anilines is 1. The van der Waals surface area contributed by atoms with Crippen LogP contribution in [0.3, 0.4) is 0 Å². The molecule has 1 aromatic carbocycles. The summed E-state index contributed by atoms with van der Waals surface area (Å²) in [5.41, 5.74) is 2.01. The molecule has 0 aromatic heterocycles. The van der Waals surface area contributed by atoms with Crippen LogP contribution in [0, 0.1) is 6.92 Å². The molecule has 0 saturated heterocycles. The van der Waals surface area contributed by atoms with Crippen molar-refractivity contribution in [1.29, 1.82) is 0 Å². The van der Waals surface area contributed by atoms with Crippen LogP contribution in [0.15, 0.2) is 24.3 Å². The van der Waals surface area contributed by atoms with E-state index < -0.39 is 0 Å². The van der Waals surface area contributed by atoms with Crippen molar-refractivity contribution in [2.75, 3.05) is 32.0 Å². The summed E-state index contributed by atoms with van der Waals surface area (Å²) in [7, 11) is 2.15. The maximum atomic E-state index is 11.7. The summed E-state index contributed by atoms with van der Waals surface area (Å²) >= 11 is 0. The monoisotopic (exact) mass is 261 g/mol. The van der Waals surface area contributed by atoms with Crippen molar-refractivity contribution in [2.24, 2.45) is 0 Å². The second kappa shape index (κ2) is 6.68. The van der Waals surface area contributed by atoms with Gasteiger partial charge in [-0.1, -0.05) is 12.1 Å². The number of hydrogen-bond donors (Lipinski definition) is 2. The van der Waals surface area contributed by atoms with Gasteiger partial charge in [0, 0.05) is 24.8 Å². The number of amides is 1. The van der Waals surface area contributed by atoms with Crippen molar-refractivity contribution in [3.8, 4) is 0 Å². The highest BCUT2D eigenvalue weighted by molar-refractivity contribution is 5.92. The molecule has 104 valence electrons. The van der Waals surface area contributed by atoms with Crippen LogP contribution in [0.2, 0.25) is 0 Å². The minimum Gasteiger partial charge on any atom is -0.325 e. The van der Waals surface area contributed by atoms with Crippen molar-refractivity contribution in [2.45, 2.75) is 25.8 Å². The third-order valence-electron chi connectivity index (χ3n) is 3.40. The molecular formula is C15H23N3O. The smallest absolute Gasteiger partial charge is 0.238 e. The van der Waals surface area contributed by atoms with Crippen LogP contribution in [0.25, 0.3) is 0 Å². The molecule has 1 aromatic rings. The van der Waals surface area contributed by atoms with Crippen LogP contribution < -0.4 is 10.6 Å². The predicted molar refractivity (Wildman–Crippen MR) is 78.3 cm³/mol. The highest BCUT2D eigenvalue weighted by Crippen LogP contribution is 2.24. The van der Waals surface area contributed by atoms with Crippen LogP contribution in [-0.4, -0.2) is 43.5 Å². The van der Waals surface area contributed by atoms with Crippen molar-refractivity contribution >= 4 is 11.6 Å². The zero-order valence-corrected chi connectivity index (χ0v) is 11.8. The third kappa shape index (κ3) is 5.01. The molecule has 1 fully saturated rings. The Kier molecular flexibility index (Phi) is 4.93. The number of carbonyl (C=O) groups excluding carboxylic acids is 1. The van der Waals surface area contributed by atoms with E-state index in [1.165, 1.54) is 12.8 Å². The summed E-state index contributed by atoms with van der Waals surface area (Å²) in [6, 6.07) is 8.62. The maximum Gasteiger partial charge on any atom is 0.238 e. The van der Waals surface area contributed by atoms with Crippen LogP contribution >= 0.6 is 0 Å². The minimum absolute atomic E-state index is 0.0136. The van der Waals surface area contributed by atoms with Crippen LogP contribution in [0.5, 0.6) is 0 Å². The van der Waals surface area contributed by atoms with Gasteiger partial charge in [-0.25, -0.2) is 0 Å². The molecule has 0 spiro atoms. The lowest BCUT2D eigenvalue weighted by atomic mass is 10.2. The van der Waals surface area contributed by atoms with Gasteiger partial charge in [0.15, 0.2) is 0 Å². The van der Waals surface area contributed by atoms with E-state index in [0.29, 0.717) is 6.54 Å². The Morgan fingerprint density at radius 3 is 2.89 bits per heavy atom. The van der Waals surface area contributed by atoms with Gasteiger partial charge < -0.3 is 15.5 Å². The molecule has 0 aliphatic heterocycles. The first-order valence-corrected chi connectivity index (χ1v) is 6.92. The number of rotatable bonds is 7. The van der Waals surface area contributed by atoms with Crippen molar-refractivity contribution in [3.05, 3.63) is 29.8 Å². The second-order valence-corrected chi connectivity index (χ2v) is 5.31. The lowest BCUT2D eigenvalue weighted by Gasteiger charge is -2.15. The van der Waals surface area contributed by atoms with Gasteiger partial charge in [-0.15, -0.1) is 0 Å². The molecule has 1 amide bonds. The Hall–Kier alpha value is -1.39. The van der Waals surface area contributed by atoms with Gasteiger partial charge >= 0.3 is 0 Å². The average molecular weight is 261 g/mol. The minimum atomic E-state index is 0.0136. The van der Waals surface area contributed by atoms with Gasteiger partial charge in [-0.3, -0.25) is 4.79 Å².